The minimum atomic E-state index is -0.0631. The Morgan fingerprint density at radius 1 is 1.27 bits per heavy atom. The molecule has 0 nitrogen and oxygen atoms in total. The first kappa shape index (κ1) is 7.25. The summed E-state index contributed by atoms with van der Waals surface area (Å²) in [6.07, 6.45) is 0. The van der Waals surface area contributed by atoms with Gasteiger partial charge in [-0.25, -0.2) is 4.39 Å². The van der Waals surface area contributed by atoms with Gasteiger partial charge in [0.1, 0.15) is 5.82 Å². The summed E-state index contributed by atoms with van der Waals surface area (Å²) in [5.74, 6) is -0.0631. The van der Waals surface area contributed by atoms with Crippen LogP contribution in [0.5, 0.6) is 0 Å². The standard InChI is InChI=1S/C8H7FS2/c1-4-7-6(9)3-10-8(7)5(2)11-4/h3H,1-2H3. The van der Waals surface area contributed by atoms with Gasteiger partial charge >= 0.3 is 0 Å². The smallest absolute Gasteiger partial charge is 0.142 e. The van der Waals surface area contributed by atoms with Gasteiger partial charge < -0.3 is 0 Å². The molecule has 0 fully saturated rings. The molecule has 0 amide bonds. The van der Waals surface area contributed by atoms with Crippen LogP contribution in [-0.2, 0) is 0 Å². The second-order valence-corrected chi connectivity index (χ2v) is 4.81. The fraction of sp³-hybridized carbons (Fsp3) is 0.250. The summed E-state index contributed by atoms with van der Waals surface area (Å²) in [4.78, 5) is 2.32. The molecule has 0 unspecified atom stereocenters. The Morgan fingerprint density at radius 2 is 2.00 bits per heavy atom. The summed E-state index contributed by atoms with van der Waals surface area (Å²) in [6, 6.07) is 0. The third-order valence-corrected chi connectivity index (χ3v) is 3.94. The van der Waals surface area contributed by atoms with E-state index in [1.54, 1.807) is 16.7 Å². The minimum absolute atomic E-state index is 0.0631. The first-order valence-corrected chi connectivity index (χ1v) is 5.02. The highest BCUT2D eigenvalue weighted by molar-refractivity contribution is 7.23. The molecule has 0 aliphatic rings. The van der Waals surface area contributed by atoms with Crippen molar-refractivity contribution in [2.75, 3.05) is 0 Å². The molecule has 0 N–H and O–H groups in total. The van der Waals surface area contributed by atoms with Gasteiger partial charge in [0.25, 0.3) is 0 Å². The van der Waals surface area contributed by atoms with Crippen molar-refractivity contribution in [3.05, 3.63) is 21.0 Å². The van der Waals surface area contributed by atoms with Gasteiger partial charge in [-0.1, -0.05) is 0 Å². The quantitative estimate of drug-likeness (QED) is 0.588. The van der Waals surface area contributed by atoms with Gasteiger partial charge in [0, 0.05) is 20.5 Å². The van der Waals surface area contributed by atoms with Crippen molar-refractivity contribution in [1.82, 2.24) is 0 Å². The highest BCUT2D eigenvalue weighted by atomic mass is 32.1. The maximum Gasteiger partial charge on any atom is 0.142 e. The average Bonchev–Trinajstić information content (AvgIpc) is 2.41. The Kier molecular flexibility index (Phi) is 1.51. The molecule has 3 heteroatoms. The number of fused-ring (bicyclic) bond motifs is 1. The maximum atomic E-state index is 13.0. The third-order valence-electron chi connectivity index (χ3n) is 1.72. The van der Waals surface area contributed by atoms with Crippen molar-refractivity contribution in [1.29, 1.82) is 0 Å². The molecule has 2 aromatic heterocycles. The number of aryl methyl sites for hydroxylation is 2. The van der Waals surface area contributed by atoms with Gasteiger partial charge in [-0.05, 0) is 13.8 Å². The van der Waals surface area contributed by atoms with Crippen LogP contribution in [0.2, 0.25) is 0 Å². The Hall–Kier alpha value is -0.410. The fourth-order valence-electron chi connectivity index (χ4n) is 1.25. The van der Waals surface area contributed by atoms with Gasteiger partial charge in [0.05, 0.1) is 4.70 Å². The van der Waals surface area contributed by atoms with Gasteiger partial charge in [-0.2, -0.15) is 0 Å². The molecule has 0 atom stereocenters. The lowest BCUT2D eigenvalue weighted by Gasteiger charge is -1.80. The summed E-state index contributed by atoms with van der Waals surface area (Å²) in [5.41, 5.74) is 0. The molecular weight excluding hydrogens is 179 g/mol. The van der Waals surface area contributed by atoms with E-state index in [0.29, 0.717) is 0 Å². The van der Waals surface area contributed by atoms with E-state index in [4.69, 9.17) is 0 Å². The summed E-state index contributed by atoms with van der Waals surface area (Å²) in [5, 5.41) is 2.41. The number of halogens is 1. The van der Waals surface area contributed by atoms with Crippen molar-refractivity contribution in [2.45, 2.75) is 13.8 Å². The molecule has 2 aromatic rings. The lowest BCUT2D eigenvalue weighted by Crippen LogP contribution is -1.64. The maximum absolute atomic E-state index is 13.0. The monoisotopic (exact) mass is 186 g/mol. The molecule has 0 saturated carbocycles. The van der Waals surface area contributed by atoms with Gasteiger partial charge in [0.2, 0.25) is 0 Å². The van der Waals surface area contributed by atoms with Crippen LogP contribution >= 0.6 is 22.7 Å². The van der Waals surface area contributed by atoms with Gasteiger partial charge in [0.15, 0.2) is 0 Å². The first-order valence-electron chi connectivity index (χ1n) is 3.33. The normalized spacial score (nSPS) is 11.2. The van der Waals surface area contributed by atoms with E-state index in [2.05, 4.69) is 0 Å². The highest BCUT2D eigenvalue weighted by Crippen LogP contribution is 2.36. The van der Waals surface area contributed by atoms with Crippen LogP contribution in [0, 0.1) is 19.7 Å². The SMILES string of the molecule is Cc1sc(C)c2c(F)csc12. The molecule has 0 spiro atoms. The second-order valence-electron chi connectivity index (χ2n) is 2.50. The Labute approximate surface area is 72.3 Å². The van der Waals surface area contributed by atoms with Gasteiger partial charge in [-0.15, -0.1) is 22.7 Å². The zero-order chi connectivity index (χ0) is 8.01. The van der Waals surface area contributed by atoms with E-state index in [9.17, 15) is 4.39 Å². The van der Waals surface area contributed by atoms with Crippen LogP contribution in [0.25, 0.3) is 10.1 Å². The number of thiophene rings is 2. The molecule has 0 aliphatic carbocycles. The first-order chi connectivity index (χ1) is 5.20. The number of rotatable bonds is 0. The number of hydrogen-bond acceptors (Lipinski definition) is 2. The molecule has 58 valence electrons. The molecule has 2 heterocycles. The molecule has 0 saturated heterocycles. The highest BCUT2D eigenvalue weighted by Gasteiger charge is 2.10. The zero-order valence-electron chi connectivity index (χ0n) is 6.27. The van der Waals surface area contributed by atoms with Crippen molar-refractivity contribution in [3.63, 3.8) is 0 Å². The zero-order valence-corrected chi connectivity index (χ0v) is 7.90. The van der Waals surface area contributed by atoms with E-state index in [-0.39, 0.29) is 5.82 Å². The van der Waals surface area contributed by atoms with Crippen LogP contribution in [0.15, 0.2) is 5.38 Å². The van der Waals surface area contributed by atoms with E-state index in [1.165, 1.54) is 16.2 Å². The van der Waals surface area contributed by atoms with Crippen LogP contribution < -0.4 is 0 Å². The fourth-order valence-corrected chi connectivity index (χ4v) is 3.41. The van der Waals surface area contributed by atoms with Gasteiger partial charge in [-0.3, -0.25) is 0 Å². The van der Waals surface area contributed by atoms with Crippen molar-refractivity contribution in [2.24, 2.45) is 0 Å². The predicted octanol–water partition coefficient (Wildman–Crippen LogP) is 3.72. The molecule has 0 radical (unpaired) electrons. The molecule has 0 aliphatic heterocycles. The summed E-state index contributed by atoms with van der Waals surface area (Å²) >= 11 is 3.17. The van der Waals surface area contributed by atoms with Crippen molar-refractivity contribution >= 4 is 32.8 Å². The van der Waals surface area contributed by atoms with Crippen LogP contribution in [0.1, 0.15) is 9.75 Å². The molecule has 0 aromatic carbocycles. The van der Waals surface area contributed by atoms with E-state index in [0.717, 1.165) is 15.0 Å². The summed E-state index contributed by atoms with van der Waals surface area (Å²) in [6.45, 7) is 4.01. The average molecular weight is 186 g/mol. The van der Waals surface area contributed by atoms with Crippen LogP contribution in [0.4, 0.5) is 4.39 Å². The van der Waals surface area contributed by atoms with Crippen LogP contribution in [-0.4, -0.2) is 0 Å². The molecule has 0 bridgehead atoms. The van der Waals surface area contributed by atoms with Crippen LogP contribution in [0.3, 0.4) is 0 Å². The van der Waals surface area contributed by atoms with E-state index in [1.807, 2.05) is 13.8 Å². The minimum Gasteiger partial charge on any atom is -0.205 e. The summed E-state index contributed by atoms with van der Waals surface area (Å²) < 4.78 is 14.2. The Bertz CT molecular complexity index is 397. The Balaban J connectivity index is 2.98. The van der Waals surface area contributed by atoms with E-state index < -0.39 is 0 Å². The predicted molar refractivity (Wildman–Crippen MR) is 49.1 cm³/mol. The molecule has 11 heavy (non-hydrogen) atoms. The molecule has 2 rings (SSSR count). The van der Waals surface area contributed by atoms with E-state index >= 15 is 0 Å². The van der Waals surface area contributed by atoms with Crippen molar-refractivity contribution < 1.29 is 4.39 Å². The largest absolute Gasteiger partial charge is 0.205 e. The third kappa shape index (κ3) is 0.914. The second kappa shape index (κ2) is 2.29. The van der Waals surface area contributed by atoms with Crippen molar-refractivity contribution in [3.8, 4) is 0 Å². The number of hydrogen-bond donors (Lipinski definition) is 0. The lowest BCUT2D eigenvalue weighted by molar-refractivity contribution is 0.644. The Morgan fingerprint density at radius 3 is 2.64 bits per heavy atom. The molecular formula is C8H7FS2. The topological polar surface area (TPSA) is 0 Å². The lowest BCUT2D eigenvalue weighted by atomic mass is 10.3. The summed E-state index contributed by atoms with van der Waals surface area (Å²) in [7, 11) is 0.